The van der Waals surface area contributed by atoms with Crippen LogP contribution in [0.25, 0.3) is 0 Å². The van der Waals surface area contributed by atoms with Crippen LogP contribution in [0.4, 0.5) is 18.9 Å². The van der Waals surface area contributed by atoms with Crippen molar-refractivity contribution in [3.05, 3.63) is 59.7 Å². The third kappa shape index (κ3) is 4.42. The number of hydrogen-bond acceptors (Lipinski definition) is 6. The van der Waals surface area contributed by atoms with Crippen LogP contribution < -0.4 is 9.08 Å². The molecule has 1 N–H and O–H groups in total. The Bertz CT molecular complexity index is 1030. The van der Waals surface area contributed by atoms with Gasteiger partial charge in [0.2, 0.25) is 0 Å². The summed E-state index contributed by atoms with van der Waals surface area (Å²) in [6.07, 6.45) is -2.10. The van der Waals surface area contributed by atoms with Crippen LogP contribution in [0.2, 0.25) is 0 Å². The highest BCUT2D eigenvalue weighted by Crippen LogP contribution is 2.34. The Morgan fingerprint density at radius 2 is 1.83 bits per heavy atom. The number of nitrogens with zero attached hydrogens (tertiary/aromatic N) is 1. The van der Waals surface area contributed by atoms with Crippen molar-refractivity contribution >= 4 is 21.7 Å². The summed E-state index contributed by atoms with van der Waals surface area (Å²) < 4.78 is 70.6. The Balaban J connectivity index is 2.00. The average molecular weight is 445 g/mol. The van der Waals surface area contributed by atoms with Crippen LogP contribution in [0, 0.1) is 0 Å². The van der Waals surface area contributed by atoms with Gasteiger partial charge in [-0.1, -0.05) is 30.3 Å². The molecule has 0 spiro atoms. The van der Waals surface area contributed by atoms with E-state index in [4.69, 9.17) is 4.74 Å². The van der Waals surface area contributed by atoms with E-state index in [2.05, 4.69) is 4.18 Å². The number of carbonyl (C=O) groups is 1. The molecule has 1 aliphatic heterocycles. The Hall–Kier alpha value is -2.63. The summed E-state index contributed by atoms with van der Waals surface area (Å²) >= 11 is 0. The van der Waals surface area contributed by atoms with E-state index in [9.17, 15) is 31.5 Å². The number of rotatable bonds is 6. The molecule has 1 heterocycles. The fraction of sp³-hybridized carbons (Fsp3) is 0.316. The van der Waals surface area contributed by atoms with E-state index in [0.717, 1.165) is 6.07 Å². The zero-order valence-electron chi connectivity index (χ0n) is 15.7. The fourth-order valence-corrected chi connectivity index (χ4v) is 3.61. The number of aliphatic hydroxyl groups excluding tert-OH is 1. The summed E-state index contributed by atoms with van der Waals surface area (Å²) in [6.45, 7) is -0.0802. The summed E-state index contributed by atoms with van der Waals surface area (Å²) in [5.41, 5.74) is -4.52. The second kappa shape index (κ2) is 8.25. The van der Waals surface area contributed by atoms with E-state index in [1.165, 1.54) is 24.1 Å². The largest absolute Gasteiger partial charge is 0.534 e. The first-order valence-corrected chi connectivity index (χ1v) is 10.1. The third-order valence-corrected chi connectivity index (χ3v) is 5.52. The van der Waals surface area contributed by atoms with Gasteiger partial charge in [0, 0.05) is 24.8 Å². The van der Waals surface area contributed by atoms with Crippen LogP contribution in [-0.4, -0.2) is 50.8 Å². The number of halogens is 3. The summed E-state index contributed by atoms with van der Waals surface area (Å²) in [5, 5.41) is 9.98. The molecule has 2 aromatic carbocycles. The van der Waals surface area contributed by atoms with Crippen molar-refractivity contribution in [2.45, 2.75) is 24.1 Å². The van der Waals surface area contributed by atoms with Gasteiger partial charge in [-0.05, 0) is 23.8 Å². The van der Waals surface area contributed by atoms with Gasteiger partial charge in [0.1, 0.15) is 11.9 Å². The SMILES string of the molecule is CO[C@H]1C(=O)N(c2ccc(OS(=O)(=O)C(F)(F)F)c(Cc3ccccc3)c2)C[C@H]1O. The third-order valence-electron chi connectivity index (χ3n) is 4.56. The molecule has 0 unspecified atom stereocenters. The Morgan fingerprint density at radius 1 is 1.17 bits per heavy atom. The lowest BCUT2D eigenvalue weighted by Crippen LogP contribution is -2.31. The zero-order chi connectivity index (χ0) is 22.1. The van der Waals surface area contributed by atoms with Crippen LogP contribution in [0.15, 0.2) is 48.5 Å². The molecule has 1 fully saturated rings. The minimum atomic E-state index is -5.87. The Kier molecular flexibility index (Phi) is 6.06. The molecule has 11 heteroatoms. The molecule has 2 atom stereocenters. The highest BCUT2D eigenvalue weighted by molar-refractivity contribution is 7.88. The molecule has 2 aromatic rings. The molecule has 3 rings (SSSR count). The predicted octanol–water partition coefficient (Wildman–Crippen LogP) is 2.23. The lowest BCUT2D eigenvalue weighted by atomic mass is 10.0. The van der Waals surface area contributed by atoms with Crippen molar-refractivity contribution in [3.63, 3.8) is 0 Å². The molecular formula is C19H18F3NO6S. The number of hydrogen-bond donors (Lipinski definition) is 1. The van der Waals surface area contributed by atoms with E-state index in [-0.39, 0.29) is 24.2 Å². The molecule has 0 aliphatic carbocycles. The summed E-state index contributed by atoms with van der Waals surface area (Å²) in [6, 6.07) is 12.3. The average Bonchev–Trinajstić information content (AvgIpc) is 2.96. The first-order valence-electron chi connectivity index (χ1n) is 8.73. The van der Waals surface area contributed by atoms with Crippen LogP contribution in [0.5, 0.6) is 5.75 Å². The number of alkyl halides is 3. The maximum atomic E-state index is 12.8. The summed E-state index contributed by atoms with van der Waals surface area (Å²) in [5.74, 6) is -1.03. The lowest BCUT2D eigenvalue weighted by Gasteiger charge is -2.19. The summed E-state index contributed by atoms with van der Waals surface area (Å²) in [7, 11) is -4.60. The second-order valence-corrected chi connectivity index (χ2v) is 8.15. The van der Waals surface area contributed by atoms with Crippen molar-refractivity contribution in [1.29, 1.82) is 0 Å². The van der Waals surface area contributed by atoms with Crippen LogP contribution in [0.3, 0.4) is 0 Å². The number of β-amino-alcohol motifs (C(OH)–C–C–N with tert-alkyl or cyclic N) is 1. The first-order chi connectivity index (χ1) is 14.0. The van der Waals surface area contributed by atoms with Crippen LogP contribution in [0.1, 0.15) is 11.1 Å². The van der Waals surface area contributed by atoms with Gasteiger partial charge in [0.15, 0.2) is 6.10 Å². The normalized spacial score (nSPS) is 19.9. The van der Waals surface area contributed by atoms with E-state index in [1.54, 1.807) is 30.3 Å². The van der Waals surface area contributed by atoms with E-state index in [0.29, 0.717) is 5.56 Å². The highest BCUT2D eigenvalue weighted by atomic mass is 32.2. The topological polar surface area (TPSA) is 93.1 Å². The number of ether oxygens (including phenoxy) is 1. The predicted molar refractivity (Wildman–Crippen MR) is 100 cm³/mol. The minimum Gasteiger partial charge on any atom is -0.388 e. The van der Waals surface area contributed by atoms with Gasteiger partial charge in [-0.2, -0.15) is 21.6 Å². The van der Waals surface area contributed by atoms with Crippen molar-refractivity contribution in [1.82, 2.24) is 0 Å². The molecular weight excluding hydrogens is 427 g/mol. The van der Waals surface area contributed by atoms with Gasteiger partial charge < -0.3 is 18.9 Å². The molecule has 1 amide bonds. The zero-order valence-corrected chi connectivity index (χ0v) is 16.5. The van der Waals surface area contributed by atoms with Gasteiger partial charge in [-0.25, -0.2) is 0 Å². The number of carbonyl (C=O) groups excluding carboxylic acids is 1. The monoisotopic (exact) mass is 445 g/mol. The molecule has 0 bridgehead atoms. The lowest BCUT2D eigenvalue weighted by molar-refractivity contribution is -0.128. The number of amides is 1. The number of anilines is 1. The molecule has 0 radical (unpaired) electrons. The van der Waals surface area contributed by atoms with Crippen molar-refractivity contribution < 1.29 is 40.4 Å². The fourth-order valence-electron chi connectivity index (χ4n) is 3.12. The smallest absolute Gasteiger partial charge is 0.388 e. The van der Waals surface area contributed by atoms with E-state index < -0.39 is 39.5 Å². The highest BCUT2D eigenvalue weighted by Gasteiger charge is 2.49. The van der Waals surface area contributed by atoms with Crippen molar-refractivity contribution in [2.75, 3.05) is 18.6 Å². The molecule has 0 saturated carbocycles. The van der Waals surface area contributed by atoms with Gasteiger partial charge >= 0.3 is 15.6 Å². The standard InChI is InChI=1S/C19H18F3NO6S/c1-28-17-15(24)11-23(18(17)25)14-7-8-16(29-30(26,27)19(20,21)22)13(10-14)9-12-5-3-2-4-6-12/h2-8,10,15,17,24H,9,11H2,1H3/t15-,17-/m1/s1. The van der Waals surface area contributed by atoms with Gasteiger partial charge in [-0.3, -0.25) is 4.79 Å². The van der Waals surface area contributed by atoms with E-state index >= 15 is 0 Å². The van der Waals surface area contributed by atoms with Crippen LogP contribution >= 0.6 is 0 Å². The summed E-state index contributed by atoms with van der Waals surface area (Å²) in [4.78, 5) is 13.6. The van der Waals surface area contributed by atoms with Crippen molar-refractivity contribution in [2.24, 2.45) is 0 Å². The van der Waals surface area contributed by atoms with Gasteiger partial charge in [0.05, 0.1) is 6.54 Å². The molecule has 1 saturated heterocycles. The van der Waals surface area contributed by atoms with Crippen molar-refractivity contribution in [3.8, 4) is 5.75 Å². The first kappa shape index (κ1) is 22.1. The molecule has 7 nitrogen and oxygen atoms in total. The number of methoxy groups -OCH3 is 1. The van der Waals surface area contributed by atoms with Crippen LogP contribution in [-0.2, 0) is 26.1 Å². The maximum Gasteiger partial charge on any atom is 0.534 e. The second-order valence-electron chi connectivity index (χ2n) is 6.61. The minimum absolute atomic E-state index is 0.0513. The van der Waals surface area contributed by atoms with Gasteiger partial charge in [-0.15, -0.1) is 0 Å². The van der Waals surface area contributed by atoms with E-state index in [1.807, 2.05) is 0 Å². The molecule has 162 valence electrons. The quantitative estimate of drug-likeness (QED) is 0.542. The Morgan fingerprint density at radius 3 is 2.40 bits per heavy atom. The molecule has 0 aromatic heterocycles. The number of aliphatic hydroxyl groups is 1. The Labute approximate surface area is 170 Å². The molecule has 1 aliphatic rings. The van der Waals surface area contributed by atoms with Gasteiger partial charge in [0.25, 0.3) is 5.91 Å². The molecule has 30 heavy (non-hydrogen) atoms. The number of benzene rings is 2. The maximum absolute atomic E-state index is 12.8.